The Labute approximate surface area is 351 Å². The second-order valence-electron chi connectivity index (χ2n) is 21.0. The summed E-state index contributed by atoms with van der Waals surface area (Å²) in [6.45, 7) is 15.5. The lowest BCUT2D eigenvalue weighted by molar-refractivity contribution is -0.00280. The zero-order chi connectivity index (χ0) is 39.2. The van der Waals surface area contributed by atoms with Crippen LogP contribution >= 0.6 is 0 Å². The summed E-state index contributed by atoms with van der Waals surface area (Å²) in [5.74, 6) is 6.68. The number of fused-ring (bicyclic) bond motifs is 12. The van der Waals surface area contributed by atoms with Crippen LogP contribution in [-0.4, -0.2) is 74.1 Å². The van der Waals surface area contributed by atoms with Crippen molar-refractivity contribution in [3.63, 3.8) is 0 Å². The van der Waals surface area contributed by atoms with E-state index in [0.29, 0.717) is 5.92 Å². The minimum atomic E-state index is -0.432. The first kappa shape index (κ1) is 35.2. The summed E-state index contributed by atoms with van der Waals surface area (Å²) < 4.78 is 0. The molecule has 4 saturated carbocycles. The van der Waals surface area contributed by atoms with Gasteiger partial charge in [0.2, 0.25) is 11.9 Å². The van der Waals surface area contributed by atoms with Gasteiger partial charge in [-0.3, -0.25) is 9.98 Å². The van der Waals surface area contributed by atoms with Gasteiger partial charge < -0.3 is 19.6 Å². The molecule has 6 heteroatoms. The molecule has 6 aliphatic carbocycles. The van der Waals surface area contributed by atoms with Crippen LogP contribution in [0.2, 0.25) is 0 Å². The molecule has 59 heavy (non-hydrogen) atoms. The number of hydrogen-bond donors (Lipinski definition) is 0. The Morgan fingerprint density at radius 2 is 0.983 bits per heavy atom. The maximum absolute atomic E-state index is 5.19. The third kappa shape index (κ3) is 5.04. The molecule has 0 amide bonds. The van der Waals surface area contributed by atoms with Crippen molar-refractivity contribution in [1.82, 2.24) is 9.80 Å². The SMILES string of the molecule is CC(C)(C)c1ccc2c(c1)C1(c3cc(C4C5CC6CC(C5)CC4C6)ccc3-2)c2cc(N3CCCN4CCCN=C43)ccc2-c2ccc(N3CCCN4CCCN=C43)cc21. The van der Waals surface area contributed by atoms with Gasteiger partial charge in [0.05, 0.1) is 5.41 Å². The summed E-state index contributed by atoms with van der Waals surface area (Å²) in [7, 11) is 0. The highest BCUT2D eigenvalue weighted by molar-refractivity contribution is 6.02. The second kappa shape index (κ2) is 12.7. The molecule has 4 aromatic rings. The van der Waals surface area contributed by atoms with Crippen LogP contribution in [0.4, 0.5) is 11.4 Å². The highest BCUT2D eigenvalue weighted by atomic mass is 15.4. The zero-order valence-corrected chi connectivity index (χ0v) is 35.5. The van der Waals surface area contributed by atoms with Gasteiger partial charge in [0, 0.05) is 63.7 Å². The van der Waals surface area contributed by atoms with Crippen molar-refractivity contribution in [2.24, 2.45) is 33.7 Å². The van der Waals surface area contributed by atoms with Crippen molar-refractivity contribution in [1.29, 1.82) is 0 Å². The molecule has 4 bridgehead atoms. The van der Waals surface area contributed by atoms with Crippen molar-refractivity contribution in [2.45, 2.75) is 95.3 Å². The van der Waals surface area contributed by atoms with Crippen LogP contribution in [0.25, 0.3) is 22.3 Å². The van der Waals surface area contributed by atoms with E-state index in [2.05, 4.69) is 113 Å². The average molecular weight is 781 g/mol. The number of hydrogen-bond acceptors (Lipinski definition) is 6. The van der Waals surface area contributed by atoms with Crippen LogP contribution in [0.5, 0.6) is 0 Å². The summed E-state index contributed by atoms with van der Waals surface area (Å²) in [6.07, 6.45) is 11.9. The van der Waals surface area contributed by atoms with E-state index in [4.69, 9.17) is 9.98 Å². The van der Waals surface area contributed by atoms with Crippen molar-refractivity contribution in [3.8, 4) is 22.3 Å². The van der Waals surface area contributed by atoms with E-state index in [1.165, 1.54) is 105 Å². The van der Waals surface area contributed by atoms with Gasteiger partial charge >= 0.3 is 0 Å². The Bertz CT molecular complexity index is 2350. The van der Waals surface area contributed by atoms with Crippen molar-refractivity contribution in [3.05, 3.63) is 106 Å². The Balaban J connectivity index is 1.07. The average Bonchev–Trinajstić information content (AvgIpc) is 3.71. The zero-order valence-electron chi connectivity index (χ0n) is 35.5. The summed E-state index contributed by atoms with van der Waals surface area (Å²) in [4.78, 5) is 20.6. The van der Waals surface area contributed by atoms with Gasteiger partial charge in [0.1, 0.15) is 0 Å². The van der Waals surface area contributed by atoms with E-state index in [9.17, 15) is 0 Å². The molecule has 0 unspecified atom stereocenters. The molecular weight excluding hydrogens is 721 g/mol. The van der Waals surface area contributed by atoms with Crippen LogP contribution in [0.15, 0.2) is 82.8 Å². The normalized spacial score (nSPS) is 28.2. The molecule has 4 aromatic carbocycles. The van der Waals surface area contributed by atoms with E-state index in [1.54, 1.807) is 5.56 Å². The number of rotatable bonds is 3. The first-order chi connectivity index (χ1) is 28.8. The van der Waals surface area contributed by atoms with Gasteiger partial charge in [-0.05, 0) is 173 Å². The summed E-state index contributed by atoms with van der Waals surface area (Å²) in [5.41, 5.74) is 16.8. The van der Waals surface area contributed by atoms with Gasteiger partial charge in [0.15, 0.2) is 0 Å². The van der Waals surface area contributed by atoms with Gasteiger partial charge in [-0.25, -0.2) is 0 Å². The summed E-state index contributed by atoms with van der Waals surface area (Å²) in [6, 6.07) is 30.6. The summed E-state index contributed by atoms with van der Waals surface area (Å²) in [5, 5.41) is 0. The number of anilines is 2. The van der Waals surface area contributed by atoms with Crippen LogP contribution < -0.4 is 9.80 Å². The predicted octanol–water partition coefficient (Wildman–Crippen LogP) is 10.4. The fourth-order valence-corrected chi connectivity index (χ4v) is 14.4. The van der Waals surface area contributed by atoms with Crippen molar-refractivity contribution < 1.29 is 0 Å². The highest BCUT2D eigenvalue weighted by Gasteiger charge is 2.54. The minimum Gasteiger partial charge on any atom is -0.342 e. The third-order valence-electron chi connectivity index (χ3n) is 16.7. The quantitative estimate of drug-likeness (QED) is 0.179. The van der Waals surface area contributed by atoms with Crippen molar-refractivity contribution >= 4 is 23.3 Å². The van der Waals surface area contributed by atoms with E-state index in [1.807, 2.05) is 0 Å². The first-order valence-electron chi connectivity index (χ1n) is 23.6. The molecular formula is C53H60N6. The smallest absolute Gasteiger partial charge is 0.201 e. The molecule has 14 rings (SSSR count). The maximum Gasteiger partial charge on any atom is 0.201 e. The predicted molar refractivity (Wildman–Crippen MR) is 242 cm³/mol. The molecule has 2 saturated heterocycles. The molecule has 1 spiro atoms. The standard InChI is InChI=1S/C53H60N6/c1-52(2,3)38-9-13-42-41-12-8-35(49-36-25-33-24-34(27-36)28-37(49)26-33)29-45(41)53(46(42)30-38)47-31-39(58-22-6-20-56-18-4-16-54-50(56)58)10-14-43(47)44-15-11-40(32-48(44)53)59-23-7-21-57-19-5-17-55-51(57)59/h8-15,29-34,36-37,49H,4-7,16-28H2,1-3H3. The molecule has 0 aromatic heterocycles. The van der Waals surface area contributed by atoms with Crippen LogP contribution in [-0.2, 0) is 10.8 Å². The van der Waals surface area contributed by atoms with E-state index in [0.717, 1.165) is 102 Å². The van der Waals surface area contributed by atoms with Crippen LogP contribution in [0, 0.1) is 23.7 Å². The van der Waals surface area contributed by atoms with Gasteiger partial charge in [0.25, 0.3) is 0 Å². The molecule has 10 aliphatic rings. The van der Waals surface area contributed by atoms with Crippen LogP contribution in [0.1, 0.15) is 118 Å². The Morgan fingerprint density at radius 1 is 0.508 bits per heavy atom. The molecule has 0 N–H and O–H groups in total. The fourth-order valence-electron chi connectivity index (χ4n) is 14.4. The first-order valence-corrected chi connectivity index (χ1v) is 23.6. The summed E-state index contributed by atoms with van der Waals surface area (Å²) >= 11 is 0. The number of nitrogens with zero attached hydrogens (tertiary/aromatic N) is 6. The molecule has 6 nitrogen and oxygen atoms in total. The molecule has 0 atom stereocenters. The van der Waals surface area contributed by atoms with Crippen LogP contribution in [0.3, 0.4) is 0 Å². The Kier molecular flexibility index (Phi) is 7.59. The lowest BCUT2D eigenvalue weighted by Crippen LogP contribution is -2.52. The highest BCUT2D eigenvalue weighted by Crippen LogP contribution is 2.66. The largest absolute Gasteiger partial charge is 0.342 e. The minimum absolute atomic E-state index is 0.0251. The lowest BCUT2D eigenvalue weighted by atomic mass is 9.50. The molecule has 4 aliphatic heterocycles. The van der Waals surface area contributed by atoms with E-state index < -0.39 is 5.41 Å². The van der Waals surface area contributed by atoms with Crippen molar-refractivity contribution in [2.75, 3.05) is 62.2 Å². The number of aliphatic imine (C=N–C) groups is 2. The molecule has 4 heterocycles. The lowest BCUT2D eigenvalue weighted by Gasteiger charge is -2.54. The van der Waals surface area contributed by atoms with Gasteiger partial charge in [-0.2, -0.15) is 0 Å². The monoisotopic (exact) mass is 780 g/mol. The van der Waals surface area contributed by atoms with Gasteiger partial charge in [-0.1, -0.05) is 69.3 Å². The Hall–Kier alpha value is -4.58. The number of benzene rings is 4. The van der Waals surface area contributed by atoms with E-state index >= 15 is 0 Å². The van der Waals surface area contributed by atoms with E-state index in [-0.39, 0.29) is 5.41 Å². The van der Waals surface area contributed by atoms with Gasteiger partial charge in [-0.15, -0.1) is 0 Å². The molecule has 302 valence electrons. The third-order valence-corrected chi connectivity index (χ3v) is 16.7. The number of guanidine groups is 2. The molecule has 0 radical (unpaired) electrons. The second-order valence-corrected chi connectivity index (χ2v) is 21.0. The topological polar surface area (TPSA) is 37.7 Å². The Morgan fingerprint density at radius 3 is 1.53 bits per heavy atom. The molecule has 6 fully saturated rings. The fraction of sp³-hybridized carbons (Fsp3) is 0.509. The maximum atomic E-state index is 5.19.